The highest BCUT2D eigenvalue weighted by Gasteiger charge is 2.23. The topological polar surface area (TPSA) is 90.3 Å². The summed E-state index contributed by atoms with van der Waals surface area (Å²) >= 11 is 6.08. The number of nitrogens with zero attached hydrogens (tertiary/aromatic N) is 2. The van der Waals surface area contributed by atoms with Crippen molar-refractivity contribution in [3.63, 3.8) is 0 Å². The van der Waals surface area contributed by atoms with E-state index in [1.807, 2.05) is 41.5 Å². The van der Waals surface area contributed by atoms with Gasteiger partial charge in [-0.15, -0.1) is 0 Å². The zero-order valence-corrected chi connectivity index (χ0v) is 15.6. The third-order valence-electron chi connectivity index (χ3n) is 3.66. The third-order valence-corrected chi connectivity index (χ3v) is 3.94. The predicted molar refractivity (Wildman–Crippen MR) is 94.9 cm³/mol. The van der Waals surface area contributed by atoms with Crippen LogP contribution in [0.2, 0.25) is 5.02 Å². The highest BCUT2D eigenvalue weighted by molar-refractivity contribution is 6.32. The first kappa shape index (κ1) is 19.9. The van der Waals surface area contributed by atoms with Crippen molar-refractivity contribution in [1.82, 2.24) is 9.97 Å². The lowest BCUT2D eigenvalue weighted by Gasteiger charge is -2.26. The normalized spacial score (nSPS) is 15.2. The van der Waals surface area contributed by atoms with E-state index < -0.39 is 12.2 Å². The van der Waals surface area contributed by atoms with Crippen LogP contribution >= 0.6 is 11.6 Å². The number of nitrogens with one attached hydrogen (secondary N) is 2. The molecule has 0 amide bonds. The highest BCUT2D eigenvalue weighted by Crippen LogP contribution is 2.23. The quantitative estimate of drug-likeness (QED) is 0.634. The van der Waals surface area contributed by atoms with Gasteiger partial charge in [0, 0.05) is 13.1 Å². The van der Waals surface area contributed by atoms with Crippen LogP contribution in [0.3, 0.4) is 0 Å². The average molecular weight is 345 g/mol. The largest absolute Gasteiger partial charge is 0.391 e. The van der Waals surface area contributed by atoms with Crippen molar-refractivity contribution in [1.29, 1.82) is 0 Å². The first-order chi connectivity index (χ1) is 10.4. The summed E-state index contributed by atoms with van der Waals surface area (Å²) in [4.78, 5) is 8.39. The van der Waals surface area contributed by atoms with Crippen LogP contribution in [0.1, 0.15) is 41.5 Å². The summed E-state index contributed by atoms with van der Waals surface area (Å²) in [6.07, 6.45) is 0.431. The Hall–Kier alpha value is -1.11. The van der Waals surface area contributed by atoms with Gasteiger partial charge in [-0.1, -0.05) is 53.1 Å². The molecule has 23 heavy (non-hydrogen) atoms. The number of rotatable bonds is 6. The molecule has 0 aliphatic carbocycles. The summed E-state index contributed by atoms with van der Waals surface area (Å²) < 4.78 is 0. The van der Waals surface area contributed by atoms with Crippen molar-refractivity contribution >= 4 is 23.4 Å². The first-order valence-corrected chi connectivity index (χ1v) is 8.15. The fraction of sp³-hybridized carbons (Fsp3) is 0.750. The number of aliphatic hydroxyl groups excluding tert-OH is 2. The lowest BCUT2D eigenvalue weighted by atomic mass is 9.89. The van der Waals surface area contributed by atoms with E-state index in [4.69, 9.17) is 11.6 Å². The first-order valence-electron chi connectivity index (χ1n) is 7.77. The third kappa shape index (κ3) is 6.49. The molecule has 4 N–H and O–H groups in total. The molecule has 2 atom stereocenters. The molecule has 0 saturated carbocycles. The van der Waals surface area contributed by atoms with Gasteiger partial charge in [-0.05, 0) is 10.8 Å². The molecule has 2 unspecified atom stereocenters. The lowest BCUT2D eigenvalue weighted by molar-refractivity contribution is 0.0743. The molecular weight excluding hydrogens is 316 g/mol. The Kier molecular flexibility index (Phi) is 6.62. The summed E-state index contributed by atoms with van der Waals surface area (Å²) in [7, 11) is 0. The number of aromatic nitrogens is 2. The molecule has 0 aliphatic rings. The monoisotopic (exact) mass is 344 g/mol. The van der Waals surface area contributed by atoms with Crippen LogP contribution in [0.5, 0.6) is 0 Å². The summed E-state index contributed by atoms with van der Waals surface area (Å²) in [5.41, 5.74) is -0.457. The smallest absolute Gasteiger partial charge is 0.224 e. The standard InChI is InChI=1S/C16H29ClN4O2/c1-15(2,3)11(22)8-18-13-10(17)7-19-14(21-13)20-9-12(23)16(4,5)6/h7,11-12,22-23H,8-9H2,1-6H3,(H2,18,19,20,21). The molecule has 0 fully saturated rings. The maximum Gasteiger partial charge on any atom is 0.224 e. The van der Waals surface area contributed by atoms with Crippen LogP contribution in [0.4, 0.5) is 11.8 Å². The Labute approximate surface area is 143 Å². The predicted octanol–water partition coefficient (Wildman–Crippen LogP) is 2.77. The van der Waals surface area contributed by atoms with Crippen LogP contribution in [0.25, 0.3) is 0 Å². The molecule has 7 heteroatoms. The summed E-state index contributed by atoms with van der Waals surface area (Å²) in [6.45, 7) is 12.4. The van der Waals surface area contributed by atoms with Crippen LogP contribution in [0.15, 0.2) is 6.20 Å². The van der Waals surface area contributed by atoms with Gasteiger partial charge in [0.2, 0.25) is 5.95 Å². The van der Waals surface area contributed by atoms with E-state index in [-0.39, 0.29) is 10.8 Å². The van der Waals surface area contributed by atoms with E-state index in [0.717, 1.165) is 0 Å². The van der Waals surface area contributed by atoms with E-state index in [1.165, 1.54) is 6.20 Å². The molecule has 1 heterocycles. The second-order valence-electron chi connectivity index (χ2n) is 7.92. The number of anilines is 2. The number of hydrogen-bond donors (Lipinski definition) is 4. The van der Waals surface area contributed by atoms with Crippen LogP contribution in [-0.2, 0) is 0 Å². The van der Waals surface area contributed by atoms with Crippen LogP contribution in [-0.4, -0.2) is 45.5 Å². The number of halogens is 1. The van der Waals surface area contributed by atoms with Gasteiger partial charge in [-0.25, -0.2) is 4.98 Å². The molecule has 0 aliphatic heterocycles. The summed E-state index contributed by atoms with van der Waals surface area (Å²) in [5, 5.41) is 26.5. The number of hydrogen-bond acceptors (Lipinski definition) is 6. The Morgan fingerprint density at radius 2 is 1.48 bits per heavy atom. The maximum atomic E-state index is 10.1. The van der Waals surface area contributed by atoms with Gasteiger partial charge in [0.1, 0.15) is 5.02 Å². The molecule has 132 valence electrons. The van der Waals surface area contributed by atoms with E-state index in [2.05, 4.69) is 20.6 Å². The van der Waals surface area contributed by atoms with Gasteiger partial charge >= 0.3 is 0 Å². The second kappa shape index (κ2) is 7.64. The Bertz CT molecular complexity index is 512. The van der Waals surface area contributed by atoms with Crippen molar-refractivity contribution in [2.75, 3.05) is 23.7 Å². The molecule has 0 radical (unpaired) electrons. The van der Waals surface area contributed by atoms with E-state index in [1.54, 1.807) is 0 Å². The van der Waals surface area contributed by atoms with Crippen molar-refractivity contribution in [2.45, 2.75) is 53.8 Å². The lowest BCUT2D eigenvalue weighted by Crippen LogP contribution is -2.34. The van der Waals surface area contributed by atoms with Gasteiger partial charge in [0.25, 0.3) is 0 Å². The molecule has 6 nitrogen and oxygen atoms in total. The SMILES string of the molecule is CC(C)(C)C(O)CNc1ncc(Cl)c(NCC(O)C(C)(C)C)n1. The van der Waals surface area contributed by atoms with E-state index in [9.17, 15) is 10.2 Å². The molecule has 0 aromatic carbocycles. The van der Waals surface area contributed by atoms with Crippen molar-refractivity contribution in [3.8, 4) is 0 Å². The van der Waals surface area contributed by atoms with E-state index in [0.29, 0.717) is 29.9 Å². The highest BCUT2D eigenvalue weighted by atomic mass is 35.5. The molecule has 0 saturated heterocycles. The van der Waals surface area contributed by atoms with Crippen LogP contribution < -0.4 is 10.6 Å². The summed E-state index contributed by atoms with van der Waals surface area (Å²) in [6, 6.07) is 0. The molecule has 1 rings (SSSR count). The molecule has 0 bridgehead atoms. The van der Waals surface area contributed by atoms with Crippen molar-refractivity contribution in [3.05, 3.63) is 11.2 Å². The molecular formula is C16H29ClN4O2. The molecule has 1 aromatic rings. The van der Waals surface area contributed by atoms with Crippen LogP contribution in [0, 0.1) is 10.8 Å². The minimum Gasteiger partial charge on any atom is -0.391 e. The second-order valence-corrected chi connectivity index (χ2v) is 8.32. The maximum absolute atomic E-state index is 10.1. The average Bonchev–Trinajstić information content (AvgIpc) is 2.42. The van der Waals surface area contributed by atoms with Crippen molar-refractivity contribution < 1.29 is 10.2 Å². The minimum absolute atomic E-state index is 0.225. The van der Waals surface area contributed by atoms with Gasteiger partial charge in [-0.2, -0.15) is 4.98 Å². The zero-order valence-electron chi connectivity index (χ0n) is 14.8. The fourth-order valence-electron chi connectivity index (χ4n) is 1.57. The number of aliphatic hydroxyl groups is 2. The summed E-state index contributed by atoms with van der Waals surface area (Å²) in [5.74, 6) is 0.836. The Morgan fingerprint density at radius 3 is 1.96 bits per heavy atom. The Morgan fingerprint density at radius 1 is 1.00 bits per heavy atom. The van der Waals surface area contributed by atoms with Crippen molar-refractivity contribution in [2.24, 2.45) is 10.8 Å². The Balaban J connectivity index is 2.69. The minimum atomic E-state index is -0.535. The van der Waals surface area contributed by atoms with Gasteiger partial charge in [0.15, 0.2) is 5.82 Å². The molecule has 0 spiro atoms. The fourth-order valence-corrected chi connectivity index (χ4v) is 1.73. The van der Waals surface area contributed by atoms with Gasteiger partial charge < -0.3 is 20.8 Å². The van der Waals surface area contributed by atoms with Gasteiger partial charge in [-0.3, -0.25) is 0 Å². The zero-order chi connectivity index (χ0) is 17.8. The van der Waals surface area contributed by atoms with E-state index >= 15 is 0 Å². The van der Waals surface area contributed by atoms with Gasteiger partial charge in [0.05, 0.1) is 18.4 Å². The molecule has 1 aromatic heterocycles.